The van der Waals surface area contributed by atoms with E-state index in [4.69, 9.17) is 5.73 Å². The predicted molar refractivity (Wildman–Crippen MR) is 210 cm³/mol. The Hall–Kier alpha value is -4.07. The summed E-state index contributed by atoms with van der Waals surface area (Å²) in [7, 11) is 1.92. The average molecular weight is 673 g/mol. The summed E-state index contributed by atoms with van der Waals surface area (Å²) in [6.07, 6.45) is 7.47. The van der Waals surface area contributed by atoms with E-state index in [2.05, 4.69) is 35.5 Å². The fourth-order valence-electron chi connectivity index (χ4n) is 5.62. The molecule has 49 heavy (non-hydrogen) atoms. The average Bonchev–Trinajstić information content (AvgIpc) is 3.11. The maximum atomic E-state index is 14.5. The SMILES string of the molecule is C=CC1=C(/C=C\C)CC(N2C(=C)C(NC)Cc3ccccc32)C(=O)N1C(Cc1ccccc1C)C(C)=O.CC.CC.CC.CC(=O)C(C)N. The number of likely N-dealkylation sites (N-methyl/N-ethyl adjacent to an activating group) is 1. The Kier molecular flexibility index (Phi) is 21.4. The zero-order valence-electron chi connectivity index (χ0n) is 32.4. The van der Waals surface area contributed by atoms with E-state index >= 15 is 0 Å². The molecule has 4 rings (SSSR count). The number of nitrogens with two attached hydrogens (primary N) is 1. The third kappa shape index (κ3) is 11.8. The van der Waals surface area contributed by atoms with Crippen molar-refractivity contribution in [1.29, 1.82) is 0 Å². The Morgan fingerprint density at radius 3 is 2.02 bits per heavy atom. The minimum atomic E-state index is -0.641. The molecule has 0 radical (unpaired) electrons. The van der Waals surface area contributed by atoms with Crippen molar-refractivity contribution in [2.24, 2.45) is 5.73 Å². The monoisotopic (exact) mass is 672 g/mol. The molecule has 0 fully saturated rings. The van der Waals surface area contributed by atoms with Gasteiger partial charge in [-0.3, -0.25) is 19.3 Å². The summed E-state index contributed by atoms with van der Waals surface area (Å²) in [4.78, 5) is 41.4. The maximum absolute atomic E-state index is 14.5. The number of ketones is 2. The number of fused-ring (bicyclic) bond motifs is 1. The van der Waals surface area contributed by atoms with Crippen LogP contribution in [-0.2, 0) is 27.2 Å². The molecule has 0 saturated heterocycles. The largest absolute Gasteiger partial charge is 0.331 e. The van der Waals surface area contributed by atoms with E-state index < -0.39 is 12.1 Å². The number of nitrogens with one attached hydrogen (secondary N) is 1. The number of hydrogen-bond acceptors (Lipinski definition) is 6. The highest BCUT2D eigenvalue weighted by atomic mass is 16.2. The molecule has 0 spiro atoms. The van der Waals surface area contributed by atoms with Crippen molar-refractivity contribution in [3.05, 3.63) is 114 Å². The summed E-state index contributed by atoms with van der Waals surface area (Å²) < 4.78 is 0. The molecule has 0 bridgehead atoms. The summed E-state index contributed by atoms with van der Waals surface area (Å²) in [5.41, 5.74) is 11.9. The molecule has 0 saturated carbocycles. The fraction of sp³-hybridized carbons (Fsp3) is 0.452. The quantitative estimate of drug-likeness (QED) is 0.278. The van der Waals surface area contributed by atoms with Crippen LogP contribution in [0.25, 0.3) is 0 Å². The molecular weight excluding hydrogens is 608 g/mol. The number of carbonyl (C=O) groups excluding carboxylic acids is 3. The van der Waals surface area contributed by atoms with Crippen molar-refractivity contribution < 1.29 is 14.4 Å². The Morgan fingerprint density at radius 1 is 0.980 bits per heavy atom. The Morgan fingerprint density at radius 2 is 1.53 bits per heavy atom. The minimum absolute atomic E-state index is 0.0154. The van der Waals surface area contributed by atoms with E-state index in [1.165, 1.54) is 12.5 Å². The molecule has 1 amide bonds. The second-order valence-electron chi connectivity index (χ2n) is 11.2. The van der Waals surface area contributed by atoms with Crippen LogP contribution in [0, 0.1) is 6.92 Å². The van der Waals surface area contributed by atoms with Crippen LogP contribution in [0.3, 0.4) is 0 Å². The van der Waals surface area contributed by atoms with Gasteiger partial charge in [-0.25, -0.2) is 0 Å². The van der Waals surface area contributed by atoms with Gasteiger partial charge in [-0.1, -0.05) is 109 Å². The number of aryl methyl sites for hydroxylation is 1. The lowest BCUT2D eigenvalue weighted by Crippen LogP contribution is -2.58. The first kappa shape index (κ1) is 44.9. The lowest BCUT2D eigenvalue weighted by Gasteiger charge is -2.47. The Labute approximate surface area is 298 Å². The van der Waals surface area contributed by atoms with Crippen LogP contribution in [0.15, 0.2) is 96.9 Å². The van der Waals surface area contributed by atoms with Gasteiger partial charge in [-0.05, 0) is 82.5 Å². The van der Waals surface area contributed by atoms with Crippen molar-refractivity contribution in [2.45, 2.75) is 120 Å². The Balaban J connectivity index is 0.00000169. The molecule has 7 nitrogen and oxygen atoms in total. The van der Waals surface area contributed by atoms with E-state index in [1.54, 1.807) is 24.8 Å². The van der Waals surface area contributed by atoms with Gasteiger partial charge in [0.05, 0.1) is 18.1 Å². The number of amides is 1. The van der Waals surface area contributed by atoms with E-state index in [0.717, 1.165) is 34.5 Å². The van der Waals surface area contributed by atoms with Gasteiger partial charge >= 0.3 is 0 Å². The molecule has 2 heterocycles. The first-order chi connectivity index (χ1) is 23.5. The summed E-state index contributed by atoms with van der Waals surface area (Å²) in [5.74, 6) is -0.123. The summed E-state index contributed by atoms with van der Waals surface area (Å²) in [6, 6.07) is 14.8. The van der Waals surface area contributed by atoms with Crippen LogP contribution in [0.1, 0.15) is 92.3 Å². The molecule has 0 aromatic heterocycles. The maximum Gasteiger partial charge on any atom is 0.251 e. The zero-order valence-corrected chi connectivity index (χ0v) is 32.4. The lowest BCUT2D eigenvalue weighted by atomic mass is 9.87. The second kappa shape index (κ2) is 23.3. The minimum Gasteiger partial charge on any atom is -0.331 e. The normalized spacial score (nSPS) is 17.8. The van der Waals surface area contributed by atoms with Crippen molar-refractivity contribution in [3.8, 4) is 0 Å². The third-order valence-corrected chi connectivity index (χ3v) is 8.23. The number of nitrogens with zero attached hydrogens (tertiary/aromatic N) is 2. The molecule has 3 N–H and O–H groups in total. The number of rotatable bonds is 9. The van der Waals surface area contributed by atoms with Crippen LogP contribution in [-0.4, -0.2) is 53.6 Å². The second-order valence-corrected chi connectivity index (χ2v) is 11.2. The molecule has 7 heteroatoms. The number of Topliss-reactive ketones (excluding diaryl/α,β-unsaturated/α-hetero) is 2. The van der Waals surface area contributed by atoms with Crippen LogP contribution >= 0.6 is 0 Å². The van der Waals surface area contributed by atoms with Crippen LogP contribution < -0.4 is 16.0 Å². The predicted octanol–water partition coefficient (Wildman–Crippen LogP) is 8.28. The van der Waals surface area contributed by atoms with Gasteiger partial charge in [0, 0.05) is 29.9 Å². The molecule has 0 aliphatic carbocycles. The highest BCUT2D eigenvalue weighted by Gasteiger charge is 2.44. The van der Waals surface area contributed by atoms with Crippen molar-refractivity contribution in [1.82, 2.24) is 10.2 Å². The van der Waals surface area contributed by atoms with Gasteiger partial charge in [-0.15, -0.1) is 0 Å². The molecule has 2 aliphatic rings. The molecule has 4 unspecified atom stereocenters. The number of hydrogen-bond donors (Lipinski definition) is 2. The number of para-hydroxylation sites is 1. The topological polar surface area (TPSA) is 95.7 Å². The molecule has 4 atom stereocenters. The number of anilines is 1. The van der Waals surface area contributed by atoms with Gasteiger partial charge in [0.2, 0.25) is 0 Å². The summed E-state index contributed by atoms with van der Waals surface area (Å²) in [5, 5.41) is 3.36. The van der Waals surface area contributed by atoms with Gasteiger partial charge < -0.3 is 16.0 Å². The van der Waals surface area contributed by atoms with Gasteiger partial charge in [0.25, 0.3) is 5.91 Å². The number of carbonyl (C=O) groups is 3. The standard InChI is InChI=1S/C32H37N3O2.C4H9NO.3C2H6/c1-7-13-25-20-31(34-22(4)27(33-6)18-26-16-11-12-17-29(26)34)32(37)35(28(25)8-2)30(23(5)36)19-24-15-10-9-14-21(24)3;1-3(5)4(2)6;3*1-2/h7-17,27,30-31,33H,2,4,18-20H2,1,3,5-6H3;3H,5H2,1-2H3;3*1-2H3/b13-7-;;;;. The summed E-state index contributed by atoms with van der Waals surface area (Å²) in [6.45, 7) is 29.2. The number of benzene rings is 2. The van der Waals surface area contributed by atoms with E-state index in [-0.39, 0.29) is 29.6 Å². The van der Waals surface area contributed by atoms with Crippen LogP contribution in [0.4, 0.5) is 5.69 Å². The Bertz CT molecular complexity index is 1440. The summed E-state index contributed by atoms with van der Waals surface area (Å²) >= 11 is 0. The lowest BCUT2D eigenvalue weighted by molar-refractivity contribution is -0.138. The fourth-order valence-corrected chi connectivity index (χ4v) is 5.62. The first-order valence-electron chi connectivity index (χ1n) is 17.8. The molecule has 2 aromatic rings. The van der Waals surface area contributed by atoms with Crippen molar-refractivity contribution >= 4 is 23.2 Å². The molecule has 2 aliphatic heterocycles. The van der Waals surface area contributed by atoms with Crippen LogP contribution in [0.5, 0.6) is 0 Å². The molecule has 2 aromatic carbocycles. The highest BCUT2D eigenvalue weighted by molar-refractivity contribution is 5.95. The van der Waals surface area contributed by atoms with Crippen molar-refractivity contribution in [3.63, 3.8) is 0 Å². The molecule has 270 valence electrons. The van der Waals surface area contributed by atoms with E-state index in [9.17, 15) is 14.4 Å². The van der Waals surface area contributed by atoms with Gasteiger partial charge in [0.1, 0.15) is 11.8 Å². The van der Waals surface area contributed by atoms with Gasteiger partial charge in [-0.2, -0.15) is 0 Å². The third-order valence-electron chi connectivity index (χ3n) is 8.23. The zero-order chi connectivity index (χ0) is 37.8. The smallest absolute Gasteiger partial charge is 0.251 e. The highest BCUT2D eigenvalue weighted by Crippen LogP contribution is 2.39. The first-order valence-corrected chi connectivity index (χ1v) is 17.8. The van der Waals surface area contributed by atoms with Gasteiger partial charge in [0.15, 0.2) is 5.78 Å². The molecular formula is C42H64N4O3. The van der Waals surface area contributed by atoms with Crippen LogP contribution in [0.2, 0.25) is 0 Å². The van der Waals surface area contributed by atoms with E-state index in [0.29, 0.717) is 18.5 Å². The van der Waals surface area contributed by atoms with E-state index in [1.807, 2.05) is 111 Å². The van der Waals surface area contributed by atoms with Crippen molar-refractivity contribution in [2.75, 3.05) is 11.9 Å². The number of allylic oxidation sites excluding steroid dienone is 3.